The predicted molar refractivity (Wildman–Crippen MR) is 80.8 cm³/mol. The maximum atomic E-state index is 12.5. The molecular formula is C15H20N2O2S. The molecule has 1 aromatic heterocycles. The summed E-state index contributed by atoms with van der Waals surface area (Å²) >= 11 is 1.49. The second kappa shape index (κ2) is 7.44. The average Bonchev–Trinajstić information content (AvgIpc) is 2.94. The van der Waals surface area contributed by atoms with Crippen molar-refractivity contribution >= 4 is 17.2 Å². The van der Waals surface area contributed by atoms with Gasteiger partial charge in [0.25, 0.3) is 5.91 Å². The molecule has 1 atom stereocenters. The fourth-order valence-electron chi connectivity index (χ4n) is 2.46. The van der Waals surface area contributed by atoms with Crippen molar-refractivity contribution in [2.75, 3.05) is 33.4 Å². The Labute approximate surface area is 123 Å². The Bertz CT molecular complexity index is 513. The van der Waals surface area contributed by atoms with Crippen LogP contribution in [0.1, 0.15) is 28.1 Å². The molecule has 1 amide bonds. The summed E-state index contributed by atoms with van der Waals surface area (Å²) in [6.45, 7) is 2.68. The molecule has 20 heavy (non-hydrogen) atoms. The number of carbonyl (C=O) groups is 1. The van der Waals surface area contributed by atoms with Crippen molar-refractivity contribution in [1.82, 2.24) is 4.90 Å². The number of piperidine rings is 1. The van der Waals surface area contributed by atoms with Crippen LogP contribution in [0.25, 0.3) is 0 Å². The van der Waals surface area contributed by atoms with Gasteiger partial charge in [0.1, 0.15) is 0 Å². The third-order valence-corrected chi connectivity index (χ3v) is 4.21. The van der Waals surface area contributed by atoms with E-state index in [2.05, 4.69) is 11.8 Å². The van der Waals surface area contributed by atoms with E-state index in [0.717, 1.165) is 43.0 Å². The summed E-state index contributed by atoms with van der Waals surface area (Å²) in [6.07, 6.45) is 2.18. The monoisotopic (exact) mass is 292 g/mol. The van der Waals surface area contributed by atoms with Crippen LogP contribution >= 0.6 is 11.3 Å². The number of carbonyl (C=O) groups excluding carboxylic acids is 1. The highest BCUT2D eigenvalue weighted by Gasteiger charge is 2.24. The van der Waals surface area contributed by atoms with Crippen molar-refractivity contribution in [2.24, 2.45) is 11.7 Å². The molecule has 0 spiro atoms. The van der Waals surface area contributed by atoms with Gasteiger partial charge in [-0.25, -0.2) is 0 Å². The Morgan fingerprint density at radius 1 is 1.65 bits per heavy atom. The molecule has 5 heteroatoms. The molecule has 0 bridgehead atoms. The summed E-state index contributed by atoms with van der Waals surface area (Å²) in [4.78, 5) is 15.3. The molecule has 0 saturated carbocycles. The number of thiophene rings is 1. The average molecular weight is 292 g/mol. The highest BCUT2D eigenvalue weighted by atomic mass is 32.1. The van der Waals surface area contributed by atoms with Crippen LogP contribution in [-0.2, 0) is 4.74 Å². The van der Waals surface area contributed by atoms with Crippen molar-refractivity contribution in [2.45, 2.75) is 12.8 Å². The van der Waals surface area contributed by atoms with Gasteiger partial charge < -0.3 is 15.4 Å². The van der Waals surface area contributed by atoms with E-state index in [1.807, 2.05) is 16.3 Å². The van der Waals surface area contributed by atoms with E-state index in [9.17, 15) is 4.79 Å². The number of nitrogens with zero attached hydrogens (tertiary/aromatic N) is 1. The highest BCUT2D eigenvalue weighted by molar-refractivity contribution is 7.10. The Hall–Kier alpha value is -1.35. The highest BCUT2D eigenvalue weighted by Crippen LogP contribution is 2.21. The summed E-state index contributed by atoms with van der Waals surface area (Å²) in [6, 6.07) is 1.86. The van der Waals surface area contributed by atoms with Gasteiger partial charge in [0, 0.05) is 25.6 Å². The van der Waals surface area contributed by atoms with Crippen LogP contribution in [0.2, 0.25) is 0 Å². The first-order chi connectivity index (χ1) is 9.74. The van der Waals surface area contributed by atoms with Crippen molar-refractivity contribution in [1.29, 1.82) is 0 Å². The maximum absolute atomic E-state index is 12.5. The Morgan fingerprint density at radius 3 is 3.25 bits per heavy atom. The minimum Gasteiger partial charge on any atom is -0.384 e. The van der Waals surface area contributed by atoms with Gasteiger partial charge in [-0.05, 0) is 24.8 Å². The second-order valence-corrected chi connectivity index (χ2v) is 5.83. The van der Waals surface area contributed by atoms with Crippen LogP contribution in [0.3, 0.4) is 0 Å². The van der Waals surface area contributed by atoms with Crippen molar-refractivity contribution in [3.8, 4) is 11.8 Å². The van der Waals surface area contributed by atoms with Crippen LogP contribution < -0.4 is 5.73 Å². The molecular weight excluding hydrogens is 272 g/mol. The fourth-order valence-corrected chi connectivity index (χ4v) is 3.20. The van der Waals surface area contributed by atoms with Crippen LogP contribution in [0, 0.1) is 17.8 Å². The van der Waals surface area contributed by atoms with Crippen molar-refractivity contribution in [3.05, 3.63) is 21.9 Å². The molecule has 108 valence electrons. The van der Waals surface area contributed by atoms with E-state index in [1.165, 1.54) is 11.3 Å². The molecule has 2 heterocycles. The zero-order valence-electron chi connectivity index (χ0n) is 11.7. The number of methoxy groups -OCH3 is 1. The lowest BCUT2D eigenvalue weighted by Crippen LogP contribution is -2.41. The van der Waals surface area contributed by atoms with Gasteiger partial charge in [0.05, 0.1) is 23.6 Å². The third kappa shape index (κ3) is 3.83. The standard InChI is InChI=1S/C15H20N2O2S/c1-19-10-12-4-3-7-17(9-12)15(18)13-8-14(20-11-13)5-2-6-16/h8,11-12H,3-4,6-7,9-10,16H2,1H3. The van der Waals surface area contributed by atoms with Crippen molar-refractivity contribution in [3.63, 3.8) is 0 Å². The van der Waals surface area contributed by atoms with Gasteiger partial charge in [0.15, 0.2) is 0 Å². The normalized spacial score (nSPS) is 18.5. The fraction of sp³-hybridized carbons (Fsp3) is 0.533. The summed E-state index contributed by atoms with van der Waals surface area (Å²) in [5, 5.41) is 1.88. The lowest BCUT2D eigenvalue weighted by atomic mass is 9.98. The smallest absolute Gasteiger partial charge is 0.254 e. The Kier molecular flexibility index (Phi) is 5.60. The van der Waals surface area contributed by atoms with Gasteiger partial charge in [-0.1, -0.05) is 11.8 Å². The van der Waals surface area contributed by atoms with E-state index in [4.69, 9.17) is 10.5 Å². The molecule has 1 fully saturated rings. The van der Waals surface area contributed by atoms with Crippen LogP contribution in [-0.4, -0.2) is 44.2 Å². The molecule has 2 rings (SSSR count). The van der Waals surface area contributed by atoms with Gasteiger partial charge in [-0.3, -0.25) is 4.79 Å². The lowest BCUT2D eigenvalue weighted by molar-refractivity contribution is 0.0571. The largest absolute Gasteiger partial charge is 0.384 e. The predicted octanol–water partition coefficient (Wildman–Crippen LogP) is 1.56. The number of ether oxygens (including phenoxy) is 1. The molecule has 1 aromatic rings. The van der Waals surface area contributed by atoms with E-state index in [-0.39, 0.29) is 5.91 Å². The third-order valence-electron chi connectivity index (χ3n) is 3.37. The lowest BCUT2D eigenvalue weighted by Gasteiger charge is -2.32. The minimum atomic E-state index is 0.0999. The first kappa shape index (κ1) is 15.0. The molecule has 0 radical (unpaired) electrons. The van der Waals surface area contributed by atoms with E-state index < -0.39 is 0 Å². The first-order valence-corrected chi connectivity index (χ1v) is 7.68. The van der Waals surface area contributed by atoms with Gasteiger partial charge in [-0.2, -0.15) is 0 Å². The van der Waals surface area contributed by atoms with Gasteiger partial charge in [0.2, 0.25) is 0 Å². The molecule has 0 aliphatic carbocycles. The SMILES string of the molecule is COCC1CCCN(C(=O)c2csc(C#CCN)c2)C1. The molecule has 4 nitrogen and oxygen atoms in total. The Balaban J connectivity index is 2.01. The first-order valence-electron chi connectivity index (χ1n) is 6.80. The van der Waals surface area contributed by atoms with Crippen molar-refractivity contribution < 1.29 is 9.53 Å². The maximum Gasteiger partial charge on any atom is 0.254 e. The van der Waals surface area contributed by atoms with E-state index >= 15 is 0 Å². The van der Waals surface area contributed by atoms with Gasteiger partial charge >= 0.3 is 0 Å². The summed E-state index contributed by atoms with van der Waals surface area (Å²) in [5.41, 5.74) is 6.08. The Morgan fingerprint density at radius 2 is 2.50 bits per heavy atom. The zero-order chi connectivity index (χ0) is 14.4. The molecule has 2 N–H and O–H groups in total. The molecule has 0 aromatic carbocycles. The van der Waals surface area contributed by atoms with Crippen LogP contribution in [0.4, 0.5) is 0 Å². The topological polar surface area (TPSA) is 55.6 Å². The summed E-state index contributed by atoms with van der Waals surface area (Å²) < 4.78 is 5.20. The second-order valence-electron chi connectivity index (χ2n) is 4.92. The molecule has 1 saturated heterocycles. The molecule has 1 unspecified atom stereocenters. The number of hydrogen-bond donors (Lipinski definition) is 1. The number of rotatable bonds is 3. The number of nitrogens with two attached hydrogens (primary N) is 1. The molecule has 1 aliphatic heterocycles. The number of amides is 1. The summed E-state index contributed by atoms with van der Waals surface area (Å²) in [7, 11) is 1.71. The number of hydrogen-bond acceptors (Lipinski definition) is 4. The van der Waals surface area contributed by atoms with Gasteiger partial charge in [-0.15, -0.1) is 11.3 Å². The summed E-state index contributed by atoms with van der Waals surface area (Å²) in [5.74, 6) is 6.32. The minimum absolute atomic E-state index is 0.0999. The number of likely N-dealkylation sites (tertiary alicyclic amines) is 1. The zero-order valence-corrected chi connectivity index (χ0v) is 12.5. The van der Waals surface area contributed by atoms with Crippen LogP contribution in [0.15, 0.2) is 11.4 Å². The van der Waals surface area contributed by atoms with E-state index in [0.29, 0.717) is 12.5 Å². The molecule has 1 aliphatic rings. The van der Waals surface area contributed by atoms with Crippen LogP contribution in [0.5, 0.6) is 0 Å². The quantitative estimate of drug-likeness (QED) is 0.860. The van der Waals surface area contributed by atoms with E-state index in [1.54, 1.807) is 7.11 Å².